The van der Waals surface area contributed by atoms with Crippen molar-refractivity contribution >= 4 is 5.69 Å². The summed E-state index contributed by atoms with van der Waals surface area (Å²) in [7, 11) is 0. The summed E-state index contributed by atoms with van der Waals surface area (Å²) in [5.74, 6) is 1.45. The summed E-state index contributed by atoms with van der Waals surface area (Å²) in [5.41, 5.74) is 6.80. The van der Waals surface area contributed by atoms with E-state index >= 15 is 0 Å². The van der Waals surface area contributed by atoms with Crippen molar-refractivity contribution in [2.75, 3.05) is 18.9 Å². The molecule has 0 atom stereocenters. The molecule has 2 aromatic rings. The highest BCUT2D eigenvalue weighted by molar-refractivity contribution is 5.56. The molecule has 0 fully saturated rings. The zero-order chi connectivity index (χ0) is 14.2. The number of nitrogen functional groups attached to an aromatic ring is 1. The molecule has 0 aliphatic heterocycles. The smallest absolute Gasteiger partial charge is 0.142 e. The average Bonchev–Trinajstić information content (AvgIpc) is 2.49. The van der Waals surface area contributed by atoms with Crippen LogP contribution in [0.15, 0.2) is 48.5 Å². The summed E-state index contributed by atoms with van der Waals surface area (Å²) in [6.07, 6.45) is 0.758. The van der Waals surface area contributed by atoms with Gasteiger partial charge >= 0.3 is 0 Å². The van der Waals surface area contributed by atoms with Gasteiger partial charge in [-0.15, -0.1) is 0 Å². The zero-order valence-corrected chi connectivity index (χ0v) is 11.1. The lowest BCUT2D eigenvalue weighted by Crippen LogP contribution is -2.06. The Balaban J connectivity index is 1.72. The Bertz CT molecular complexity index is 591. The molecule has 0 aliphatic rings. The van der Waals surface area contributed by atoms with Crippen LogP contribution >= 0.6 is 0 Å². The fraction of sp³-hybridized carbons (Fsp3) is 0.188. The van der Waals surface area contributed by atoms with Gasteiger partial charge in [-0.05, 0) is 30.3 Å². The summed E-state index contributed by atoms with van der Waals surface area (Å²) >= 11 is 0. The molecule has 102 valence electrons. The Morgan fingerprint density at radius 3 is 2.45 bits per heavy atom. The minimum absolute atomic E-state index is 0.480. The predicted molar refractivity (Wildman–Crippen MR) is 77.6 cm³/mol. The van der Waals surface area contributed by atoms with Gasteiger partial charge < -0.3 is 15.2 Å². The summed E-state index contributed by atoms with van der Waals surface area (Å²) in [4.78, 5) is 0. The Kier molecular flexibility index (Phi) is 4.85. The summed E-state index contributed by atoms with van der Waals surface area (Å²) in [5, 5.41) is 8.74. The fourth-order valence-electron chi connectivity index (χ4n) is 1.70. The third-order valence-corrected chi connectivity index (χ3v) is 2.70. The maximum absolute atomic E-state index is 8.74. The Hall–Kier alpha value is -2.67. The van der Waals surface area contributed by atoms with Gasteiger partial charge in [0, 0.05) is 6.42 Å². The highest BCUT2D eigenvalue weighted by Gasteiger charge is 2.01. The highest BCUT2D eigenvalue weighted by atomic mass is 16.5. The van der Waals surface area contributed by atoms with Gasteiger partial charge in [-0.1, -0.05) is 18.2 Å². The molecular weight excluding hydrogens is 252 g/mol. The van der Waals surface area contributed by atoms with E-state index in [0.29, 0.717) is 30.2 Å². The second-order valence-electron chi connectivity index (χ2n) is 4.23. The molecule has 20 heavy (non-hydrogen) atoms. The highest BCUT2D eigenvalue weighted by Crippen LogP contribution is 2.22. The molecule has 0 heterocycles. The number of nitriles is 1. The van der Waals surface area contributed by atoms with Gasteiger partial charge in [-0.3, -0.25) is 0 Å². The van der Waals surface area contributed by atoms with Crippen LogP contribution in [0, 0.1) is 11.3 Å². The van der Waals surface area contributed by atoms with Crippen LogP contribution in [0.5, 0.6) is 11.5 Å². The van der Waals surface area contributed by atoms with Crippen LogP contribution in [0.25, 0.3) is 0 Å². The molecule has 0 saturated carbocycles. The number of hydrogen-bond donors (Lipinski definition) is 1. The van der Waals surface area contributed by atoms with Crippen LogP contribution in [0.3, 0.4) is 0 Å². The average molecular weight is 268 g/mol. The van der Waals surface area contributed by atoms with E-state index in [1.807, 2.05) is 36.4 Å². The normalized spacial score (nSPS) is 9.75. The molecule has 2 N–H and O–H groups in total. The fourth-order valence-corrected chi connectivity index (χ4v) is 1.70. The first kappa shape index (κ1) is 13.8. The molecular formula is C16H16N2O2. The molecule has 0 aromatic heterocycles. The Morgan fingerprint density at radius 1 is 1.00 bits per heavy atom. The third-order valence-electron chi connectivity index (χ3n) is 2.70. The van der Waals surface area contributed by atoms with Crippen molar-refractivity contribution in [2.45, 2.75) is 6.42 Å². The topological polar surface area (TPSA) is 68.3 Å². The van der Waals surface area contributed by atoms with Crippen LogP contribution in [0.1, 0.15) is 12.0 Å². The number of nitrogens with two attached hydrogens (primary N) is 1. The lowest BCUT2D eigenvalue weighted by atomic mass is 10.2. The summed E-state index contributed by atoms with van der Waals surface area (Å²) in [6.45, 7) is 1.10. The number of nitrogens with zero attached hydrogens (tertiary/aromatic N) is 1. The van der Waals surface area contributed by atoms with Crippen molar-refractivity contribution in [3.8, 4) is 17.6 Å². The second kappa shape index (κ2) is 7.05. The van der Waals surface area contributed by atoms with Crippen LogP contribution in [0.4, 0.5) is 5.69 Å². The van der Waals surface area contributed by atoms with E-state index in [9.17, 15) is 0 Å². The Morgan fingerprint density at radius 2 is 1.75 bits per heavy atom. The van der Waals surface area contributed by atoms with E-state index in [4.69, 9.17) is 20.5 Å². The van der Waals surface area contributed by atoms with Crippen LogP contribution < -0.4 is 15.2 Å². The minimum Gasteiger partial charge on any atom is -0.493 e. The number of anilines is 1. The van der Waals surface area contributed by atoms with Crippen LogP contribution in [-0.4, -0.2) is 13.2 Å². The monoisotopic (exact) mass is 268 g/mol. The van der Waals surface area contributed by atoms with Crippen molar-refractivity contribution in [3.63, 3.8) is 0 Å². The Labute approximate surface area is 118 Å². The zero-order valence-electron chi connectivity index (χ0n) is 11.1. The van der Waals surface area contributed by atoms with E-state index in [-0.39, 0.29) is 0 Å². The molecule has 4 nitrogen and oxygen atoms in total. The molecule has 0 spiro atoms. The van der Waals surface area contributed by atoms with Crippen molar-refractivity contribution < 1.29 is 9.47 Å². The number of ether oxygens (including phenoxy) is 2. The molecule has 4 heteroatoms. The standard InChI is InChI=1S/C16H16N2O2/c17-12-13-7-8-16(15(18)11-13)20-10-4-9-19-14-5-2-1-3-6-14/h1-3,5-8,11H,4,9-10,18H2. The molecule has 0 unspecified atom stereocenters. The van der Waals surface area contributed by atoms with Gasteiger partial charge in [0.25, 0.3) is 0 Å². The van der Waals surface area contributed by atoms with Crippen LogP contribution in [0.2, 0.25) is 0 Å². The van der Waals surface area contributed by atoms with E-state index in [0.717, 1.165) is 12.2 Å². The third kappa shape index (κ3) is 3.92. The number of hydrogen-bond acceptors (Lipinski definition) is 4. The lowest BCUT2D eigenvalue weighted by Gasteiger charge is -2.09. The lowest BCUT2D eigenvalue weighted by molar-refractivity contribution is 0.248. The molecule has 0 aliphatic carbocycles. The SMILES string of the molecule is N#Cc1ccc(OCCCOc2ccccc2)c(N)c1. The van der Waals surface area contributed by atoms with Gasteiger partial charge in [0.1, 0.15) is 11.5 Å². The van der Waals surface area contributed by atoms with Gasteiger partial charge in [-0.25, -0.2) is 0 Å². The number of rotatable bonds is 6. The van der Waals surface area contributed by atoms with Crippen molar-refractivity contribution in [1.29, 1.82) is 5.26 Å². The van der Waals surface area contributed by atoms with Crippen LogP contribution in [-0.2, 0) is 0 Å². The van der Waals surface area contributed by atoms with Crippen molar-refractivity contribution in [3.05, 3.63) is 54.1 Å². The van der Waals surface area contributed by atoms with Gasteiger partial charge in [0.05, 0.1) is 30.5 Å². The predicted octanol–water partition coefficient (Wildman–Crippen LogP) is 2.99. The first-order chi connectivity index (χ1) is 9.79. The maximum atomic E-state index is 8.74. The second-order valence-corrected chi connectivity index (χ2v) is 4.23. The maximum Gasteiger partial charge on any atom is 0.142 e. The van der Waals surface area contributed by atoms with E-state index in [1.165, 1.54) is 0 Å². The van der Waals surface area contributed by atoms with E-state index in [1.54, 1.807) is 18.2 Å². The molecule has 0 saturated heterocycles. The largest absolute Gasteiger partial charge is 0.493 e. The quantitative estimate of drug-likeness (QED) is 0.646. The number of para-hydroxylation sites is 1. The van der Waals surface area contributed by atoms with E-state index < -0.39 is 0 Å². The van der Waals surface area contributed by atoms with E-state index in [2.05, 4.69) is 0 Å². The first-order valence-electron chi connectivity index (χ1n) is 6.40. The summed E-state index contributed by atoms with van der Waals surface area (Å²) < 4.78 is 11.1. The minimum atomic E-state index is 0.480. The molecule has 0 radical (unpaired) electrons. The number of benzene rings is 2. The molecule has 2 aromatic carbocycles. The van der Waals surface area contributed by atoms with Crippen molar-refractivity contribution in [2.24, 2.45) is 0 Å². The van der Waals surface area contributed by atoms with Gasteiger partial charge in [-0.2, -0.15) is 5.26 Å². The first-order valence-corrected chi connectivity index (χ1v) is 6.40. The van der Waals surface area contributed by atoms with Gasteiger partial charge in [0.15, 0.2) is 0 Å². The molecule has 0 amide bonds. The van der Waals surface area contributed by atoms with Crippen molar-refractivity contribution in [1.82, 2.24) is 0 Å². The summed E-state index contributed by atoms with van der Waals surface area (Å²) in [6, 6.07) is 16.7. The van der Waals surface area contributed by atoms with Gasteiger partial charge in [0.2, 0.25) is 0 Å². The molecule has 2 rings (SSSR count). The molecule has 0 bridgehead atoms.